The van der Waals surface area contributed by atoms with Gasteiger partial charge in [0.2, 0.25) is 0 Å². The third kappa shape index (κ3) is 4.53. The van der Waals surface area contributed by atoms with Gasteiger partial charge in [-0.1, -0.05) is 97.1 Å². The number of carbonyl (C=O) groups excluding carboxylic acids is 1. The Kier molecular flexibility index (Phi) is 6.50. The molecule has 36 heavy (non-hydrogen) atoms. The number of hydrogen-bond donors (Lipinski definition) is 0. The maximum Gasteiger partial charge on any atom is 0.134 e. The van der Waals surface area contributed by atoms with Gasteiger partial charge in [-0.3, -0.25) is 4.79 Å². The van der Waals surface area contributed by atoms with E-state index < -0.39 is 0 Å². The minimum atomic E-state index is 0.0557. The SMILES string of the molecule is O=C(CC(c1cccs1)c1cccc2ccccc12)CC(c1cccs1)c1cccc2ccccc12. The molecule has 0 aliphatic carbocycles. The van der Waals surface area contributed by atoms with Gasteiger partial charge in [-0.25, -0.2) is 0 Å². The molecule has 2 aromatic heterocycles. The fourth-order valence-corrected chi connectivity index (χ4v) is 7.05. The van der Waals surface area contributed by atoms with Crippen LogP contribution in [0.25, 0.3) is 21.5 Å². The Hall–Kier alpha value is -3.53. The minimum absolute atomic E-state index is 0.0557. The van der Waals surface area contributed by atoms with Gasteiger partial charge in [0, 0.05) is 34.4 Å². The summed E-state index contributed by atoms with van der Waals surface area (Å²) >= 11 is 3.48. The van der Waals surface area contributed by atoms with E-state index in [2.05, 4.69) is 120 Å². The average Bonchev–Trinajstić information content (AvgIpc) is 3.65. The van der Waals surface area contributed by atoms with Crippen molar-refractivity contribution >= 4 is 50.0 Å². The molecule has 0 fully saturated rings. The van der Waals surface area contributed by atoms with Gasteiger partial charge >= 0.3 is 0 Å². The summed E-state index contributed by atoms with van der Waals surface area (Å²) in [4.78, 5) is 16.4. The van der Waals surface area contributed by atoms with Crippen LogP contribution in [0.1, 0.15) is 45.6 Å². The normalized spacial score (nSPS) is 13.1. The molecule has 0 bridgehead atoms. The summed E-state index contributed by atoms with van der Waals surface area (Å²) in [7, 11) is 0. The zero-order valence-corrected chi connectivity index (χ0v) is 21.5. The third-order valence-corrected chi connectivity index (χ3v) is 9.01. The van der Waals surface area contributed by atoms with Crippen molar-refractivity contribution in [2.45, 2.75) is 24.7 Å². The van der Waals surface area contributed by atoms with E-state index in [-0.39, 0.29) is 11.8 Å². The van der Waals surface area contributed by atoms with Crippen molar-refractivity contribution < 1.29 is 4.79 Å². The lowest BCUT2D eigenvalue weighted by Gasteiger charge is -2.21. The first-order chi connectivity index (χ1) is 17.8. The Labute approximate surface area is 219 Å². The molecule has 0 aliphatic rings. The van der Waals surface area contributed by atoms with Gasteiger partial charge in [-0.05, 0) is 55.6 Å². The lowest BCUT2D eigenvalue weighted by Crippen LogP contribution is -2.13. The molecule has 1 nitrogen and oxygen atoms in total. The molecule has 0 saturated heterocycles. The van der Waals surface area contributed by atoms with Gasteiger partial charge in [0.15, 0.2) is 0 Å². The van der Waals surface area contributed by atoms with Crippen LogP contribution in [0.5, 0.6) is 0 Å². The molecule has 4 aromatic carbocycles. The summed E-state index contributed by atoms with van der Waals surface area (Å²) in [5.74, 6) is 0.410. The highest BCUT2D eigenvalue weighted by atomic mass is 32.1. The quantitative estimate of drug-likeness (QED) is 0.203. The molecule has 176 valence electrons. The third-order valence-electron chi connectivity index (χ3n) is 7.03. The maximum absolute atomic E-state index is 13.9. The van der Waals surface area contributed by atoms with E-state index in [0.717, 1.165) is 0 Å². The summed E-state index contributed by atoms with van der Waals surface area (Å²) in [6.45, 7) is 0. The Morgan fingerprint density at radius 3 is 1.42 bits per heavy atom. The fraction of sp³-hybridized carbons (Fsp3) is 0.121. The average molecular weight is 503 g/mol. The van der Waals surface area contributed by atoms with Crippen LogP contribution in [0.15, 0.2) is 120 Å². The zero-order valence-electron chi connectivity index (χ0n) is 19.8. The molecular formula is C33H26OS2. The number of benzene rings is 4. The molecule has 0 N–H and O–H groups in total. The Morgan fingerprint density at radius 1 is 0.528 bits per heavy atom. The van der Waals surface area contributed by atoms with Crippen molar-refractivity contribution in [2.75, 3.05) is 0 Å². The highest BCUT2D eigenvalue weighted by molar-refractivity contribution is 7.10. The van der Waals surface area contributed by atoms with Crippen LogP contribution in [0.4, 0.5) is 0 Å². The van der Waals surface area contributed by atoms with Gasteiger partial charge in [0.05, 0.1) is 0 Å². The van der Waals surface area contributed by atoms with Gasteiger partial charge in [0.1, 0.15) is 5.78 Å². The van der Waals surface area contributed by atoms with Crippen LogP contribution < -0.4 is 0 Å². The van der Waals surface area contributed by atoms with E-state index in [0.29, 0.717) is 18.6 Å². The molecule has 3 heteroatoms. The summed E-state index contributed by atoms with van der Waals surface area (Å²) < 4.78 is 0. The molecular weight excluding hydrogens is 476 g/mol. The highest BCUT2D eigenvalue weighted by Gasteiger charge is 2.26. The number of Topliss-reactive ketones (excluding diaryl/α,β-unsaturated/α-hetero) is 1. The van der Waals surface area contributed by atoms with Crippen LogP contribution in [0.3, 0.4) is 0 Å². The number of carbonyl (C=O) groups is 1. The largest absolute Gasteiger partial charge is 0.300 e. The van der Waals surface area contributed by atoms with E-state index in [1.807, 2.05) is 0 Å². The fourth-order valence-electron chi connectivity index (χ4n) is 5.35. The number of hydrogen-bond acceptors (Lipinski definition) is 3. The monoisotopic (exact) mass is 502 g/mol. The summed E-state index contributed by atoms with van der Waals surface area (Å²) in [6.07, 6.45) is 1.00. The topological polar surface area (TPSA) is 17.1 Å². The number of ketones is 1. The van der Waals surface area contributed by atoms with E-state index in [1.165, 1.54) is 42.4 Å². The van der Waals surface area contributed by atoms with Crippen molar-refractivity contribution in [3.63, 3.8) is 0 Å². The van der Waals surface area contributed by atoms with E-state index in [1.54, 1.807) is 22.7 Å². The molecule has 2 heterocycles. The molecule has 2 atom stereocenters. The predicted molar refractivity (Wildman–Crippen MR) is 154 cm³/mol. The lowest BCUT2D eigenvalue weighted by molar-refractivity contribution is -0.119. The first-order valence-corrected chi connectivity index (χ1v) is 14.1. The first kappa shape index (κ1) is 22.9. The predicted octanol–water partition coefficient (Wildman–Crippen LogP) is 9.43. The summed E-state index contributed by atoms with van der Waals surface area (Å²) in [5, 5.41) is 9.13. The maximum atomic E-state index is 13.9. The molecule has 6 aromatic rings. The van der Waals surface area contributed by atoms with Gasteiger partial charge < -0.3 is 0 Å². The molecule has 0 amide bonds. The second-order valence-electron chi connectivity index (χ2n) is 9.22. The Morgan fingerprint density at radius 2 is 0.972 bits per heavy atom. The Balaban J connectivity index is 1.37. The smallest absolute Gasteiger partial charge is 0.134 e. The Bertz CT molecular complexity index is 1480. The van der Waals surface area contributed by atoms with Crippen LogP contribution in [-0.2, 0) is 4.79 Å². The molecule has 0 radical (unpaired) electrons. The highest BCUT2D eigenvalue weighted by Crippen LogP contribution is 2.39. The lowest BCUT2D eigenvalue weighted by atomic mass is 9.84. The van der Waals surface area contributed by atoms with Gasteiger partial charge in [-0.15, -0.1) is 22.7 Å². The van der Waals surface area contributed by atoms with E-state index in [9.17, 15) is 4.79 Å². The van der Waals surface area contributed by atoms with Crippen molar-refractivity contribution in [3.05, 3.63) is 141 Å². The standard InChI is InChI=1S/C33H26OS2/c34-25(21-30(32-17-7-19-35-32)28-15-5-11-23-9-1-3-13-26(23)28)22-31(33-18-8-20-36-33)29-16-6-12-24-10-2-4-14-27(24)29/h1-20,30-31H,21-22H2. The summed E-state index contributed by atoms with van der Waals surface area (Å²) in [6, 6.07) is 38.5. The minimum Gasteiger partial charge on any atom is -0.300 e. The van der Waals surface area contributed by atoms with Crippen LogP contribution in [0, 0.1) is 0 Å². The van der Waals surface area contributed by atoms with Gasteiger partial charge in [-0.2, -0.15) is 0 Å². The second kappa shape index (κ2) is 10.2. The van der Waals surface area contributed by atoms with Crippen LogP contribution in [0.2, 0.25) is 0 Å². The van der Waals surface area contributed by atoms with Crippen molar-refractivity contribution in [1.29, 1.82) is 0 Å². The number of thiophene rings is 2. The molecule has 0 spiro atoms. The molecule has 0 saturated carbocycles. The van der Waals surface area contributed by atoms with Gasteiger partial charge in [0.25, 0.3) is 0 Å². The zero-order chi connectivity index (χ0) is 24.3. The molecule has 0 aliphatic heterocycles. The number of rotatable bonds is 8. The summed E-state index contributed by atoms with van der Waals surface area (Å²) in [5.41, 5.74) is 2.48. The second-order valence-corrected chi connectivity index (χ2v) is 11.2. The van der Waals surface area contributed by atoms with Crippen molar-refractivity contribution in [2.24, 2.45) is 0 Å². The van der Waals surface area contributed by atoms with Crippen molar-refractivity contribution in [3.8, 4) is 0 Å². The molecule has 6 rings (SSSR count). The molecule has 2 unspecified atom stereocenters. The number of fused-ring (bicyclic) bond motifs is 2. The van der Waals surface area contributed by atoms with Crippen LogP contribution in [-0.4, -0.2) is 5.78 Å². The van der Waals surface area contributed by atoms with Crippen molar-refractivity contribution in [1.82, 2.24) is 0 Å². The first-order valence-electron chi connectivity index (χ1n) is 12.3. The van der Waals surface area contributed by atoms with E-state index in [4.69, 9.17) is 0 Å². The van der Waals surface area contributed by atoms with E-state index >= 15 is 0 Å². The van der Waals surface area contributed by atoms with Crippen LogP contribution >= 0.6 is 22.7 Å².